The molecule has 2 heterocycles. The quantitative estimate of drug-likeness (QED) is 0.728. The average Bonchev–Trinajstić information content (AvgIpc) is 3.07. The van der Waals surface area contributed by atoms with Crippen molar-refractivity contribution in [3.8, 4) is 6.07 Å². The Kier molecular flexibility index (Phi) is 3.21. The van der Waals surface area contributed by atoms with Gasteiger partial charge in [0.05, 0.1) is 18.2 Å². The monoisotopic (exact) mass is 265 g/mol. The first kappa shape index (κ1) is 12.4. The van der Waals surface area contributed by atoms with E-state index in [1.165, 1.54) is 0 Å². The lowest BCUT2D eigenvalue weighted by molar-refractivity contribution is 0.557. The van der Waals surface area contributed by atoms with Crippen LogP contribution in [0, 0.1) is 11.3 Å². The molecule has 0 fully saturated rings. The molecule has 3 rings (SSSR count). The molecule has 0 aliphatic carbocycles. The van der Waals surface area contributed by atoms with Gasteiger partial charge in [-0.25, -0.2) is 9.67 Å². The molecule has 3 aromatic rings. The minimum atomic E-state index is 0.685. The molecule has 0 saturated carbocycles. The number of hydrogen-bond donors (Lipinski definition) is 0. The molecule has 20 heavy (non-hydrogen) atoms. The van der Waals surface area contributed by atoms with Gasteiger partial charge in [-0.2, -0.15) is 10.4 Å². The summed E-state index contributed by atoms with van der Waals surface area (Å²) in [6, 6.07) is 9.92. The highest BCUT2D eigenvalue weighted by molar-refractivity contribution is 5.81. The second kappa shape index (κ2) is 5.17. The number of aryl methyl sites for hydroxylation is 1. The van der Waals surface area contributed by atoms with Crippen LogP contribution >= 0.6 is 0 Å². The number of rotatable bonds is 4. The fraction of sp³-hybridized carbons (Fsp3) is 0.267. The predicted molar refractivity (Wildman–Crippen MR) is 76.1 cm³/mol. The normalized spacial score (nSPS) is 10.8. The van der Waals surface area contributed by atoms with Gasteiger partial charge in [-0.3, -0.25) is 0 Å². The number of nitriles is 1. The summed E-state index contributed by atoms with van der Waals surface area (Å²) in [5.41, 5.74) is 1.79. The molecule has 0 bridgehead atoms. The Balaban J connectivity index is 1.95. The number of hydrogen-bond acceptors (Lipinski definition) is 3. The molecule has 1 aromatic carbocycles. The van der Waals surface area contributed by atoms with E-state index in [2.05, 4.69) is 27.6 Å². The summed E-state index contributed by atoms with van der Waals surface area (Å²) in [5, 5.41) is 14.2. The first-order chi connectivity index (χ1) is 9.81. The maximum atomic E-state index is 8.93. The minimum Gasteiger partial charge on any atom is -0.340 e. The van der Waals surface area contributed by atoms with Gasteiger partial charge >= 0.3 is 0 Å². The van der Waals surface area contributed by atoms with Crippen LogP contribution < -0.4 is 0 Å². The van der Waals surface area contributed by atoms with Crippen molar-refractivity contribution >= 4 is 10.9 Å². The molecule has 100 valence electrons. The maximum Gasteiger partial charge on any atom is 0.146 e. The van der Waals surface area contributed by atoms with Gasteiger partial charge in [0.15, 0.2) is 0 Å². The average molecular weight is 265 g/mol. The zero-order chi connectivity index (χ0) is 13.9. The van der Waals surface area contributed by atoms with E-state index in [1.807, 2.05) is 35.1 Å². The second-order valence-electron chi connectivity index (χ2n) is 4.73. The summed E-state index contributed by atoms with van der Waals surface area (Å²) in [6.45, 7) is 3.70. The molecule has 0 N–H and O–H groups in total. The molecule has 0 saturated heterocycles. The van der Waals surface area contributed by atoms with Crippen molar-refractivity contribution in [3.63, 3.8) is 0 Å². The molecule has 0 radical (unpaired) electrons. The van der Waals surface area contributed by atoms with Crippen molar-refractivity contribution in [2.24, 2.45) is 0 Å². The molecule has 5 heteroatoms. The van der Waals surface area contributed by atoms with Crippen molar-refractivity contribution in [2.45, 2.75) is 26.4 Å². The molecule has 0 spiro atoms. The lowest BCUT2D eigenvalue weighted by Gasteiger charge is -2.07. The summed E-state index contributed by atoms with van der Waals surface area (Å²) in [7, 11) is 0. The molecule has 0 aliphatic rings. The van der Waals surface area contributed by atoms with Gasteiger partial charge < -0.3 is 4.57 Å². The first-order valence-electron chi connectivity index (χ1n) is 6.67. The van der Waals surface area contributed by atoms with E-state index in [0.717, 1.165) is 29.7 Å². The van der Waals surface area contributed by atoms with Crippen LogP contribution in [0.5, 0.6) is 0 Å². The molecule has 0 amide bonds. The Morgan fingerprint density at radius 2 is 2.20 bits per heavy atom. The first-order valence-corrected chi connectivity index (χ1v) is 6.67. The predicted octanol–water partition coefficient (Wildman–Crippen LogP) is 2.56. The Morgan fingerprint density at radius 3 is 3.00 bits per heavy atom. The summed E-state index contributed by atoms with van der Waals surface area (Å²) < 4.78 is 4.07. The van der Waals surface area contributed by atoms with E-state index < -0.39 is 0 Å². The molecule has 0 atom stereocenters. The number of nitrogens with zero attached hydrogens (tertiary/aromatic N) is 5. The van der Waals surface area contributed by atoms with Crippen LogP contribution in [0.3, 0.4) is 0 Å². The van der Waals surface area contributed by atoms with Crippen LogP contribution in [0.1, 0.15) is 24.7 Å². The maximum absolute atomic E-state index is 8.93. The topological polar surface area (TPSA) is 59.4 Å². The van der Waals surface area contributed by atoms with E-state index in [4.69, 9.17) is 5.26 Å². The molecule has 2 aromatic heterocycles. The van der Waals surface area contributed by atoms with Gasteiger partial charge in [0, 0.05) is 23.6 Å². The highest BCUT2D eigenvalue weighted by Crippen LogP contribution is 2.18. The smallest absolute Gasteiger partial charge is 0.146 e. The minimum absolute atomic E-state index is 0.685. The van der Waals surface area contributed by atoms with E-state index in [9.17, 15) is 0 Å². The van der Waals surface area contributed by atoms with E-state index in [1.54, 1.807) is 6.33 Å². The van der Waals surface area contributed by atoms with Crippen LogP contribution in [-0.2, 0) is 13.1 Å². The van der Waals surface area contributed by atoms with E-state index in [0.29, 0.717) is 12.1 Å². The third-order valence-corrected chi connectivity index (χ3v) is 3.34. The van der Waals surface area contributed by atoms with Crippen LogP contribution in [0.2, 0.25) is 0 Å². The fourth-order valence-electron chi connectivity index (χ4n) is 2.37. The summed E-state index contributed by atoms with van der Waals surface area (Å²) in [4.78, 5) is 4.33. The highest BCUT2D eigenvalue weighted by Gasteiger charge is 2.07. The van der Waals surface area contributed by atoms with Crippen LogP contribution in [-0.4, -0.2) is 19.3 Å². The third kappa shape index (κ3) is 2.16. The van der Waals surface area contributed by atoms with Crippen molar-refractivity contribution in [1.82, 2.24) is 19.3 Å². The van der Waals surface area contributed by atoms with E-state index in [-0.39, 0.29) is 0 Å². The number of fused-ring (bicyclic) bond motifs is 1. The van der Waals surface area contributed by atoms with Crippen LogP contribution in [0.4, 0.5) is 0 Å². The summed E-state index contributed by atoms with van der Waals surface area (Å²) >= 11 is 0. The van der Waals surface area contributed by atoms with Gasteiger partial charge in [0.25, 0.3) is 0 Å². The number of benzene rings is 1. The highest BCUT2D eigenvalue weighted by atomic mass is 15.3. The largest absolute Gasteiger partial charge is 0.340 e. The van der Waals surface area contributed by atoms with E-state index >= 15 is 0 Å². The fourth-order valence-corrected chi connectivity index (χ4v) is 2.37. The Bertz CT molecular complexity index is 775. The Hall–Kier alpha value is -2.61. The molecule has 0 aliphatic heterocycles. The van der Waals surface area contributed by atoms with Gasteiger partial charge in [-0.1, -0.05) is 6.92 Å². The lowest BCUT2D eigenvalue weighted by atomic mass is 10.2. The molecule has 0 unspecified atom stereocenters. The number of aromatic nitrogens is 4. The SMILES string of the molecule is CCCn1ncnc1Cn1ccc2cc(C#N)ccc21. The zero-order valence-electron chi connectivity index (χ0n) is 11.3. The molecular formula is C15H15N5. The Labute approximate surface area is 117 Å². The Morgan fingerprint density at radius 1 is 1.30 bits per heavy atom. The van der Waals surface area contributed by atoms with Gasteiger partial charge in [0.1, 0.15) is 12.2 Å². The van der Waals surface area contributed by atoms with Gasteiger partial charge in [-0.05, 0) is 30.7 Å². The third-order valence-electron chi connectivity index (χ3n) is 3.34. The van der Waals surface area contributed by atoms with Crippen LogP contribution in [0.15, 0.2) is 36.8 Å². The lowest BCUT2D eigenvalue weighted by Crippen LogP contribution is -2.09. The zero-order valence-corrected chi connectivity index (χ0v) is 11.3. The van der Waals surface area contributed by atoms with Gasteiger partial charge in [0.2, 0.25) is 0 Å². The van der Waals surface area contributed by atoms with Crippen molar-refractivity contribution in [3.05, 3.63) is 48.2 Å². The molecule has 5 nitrogen and oxygen atoms in total. The summed E-state index contributed by atoms with van der Waals surface area (Å²) in [6.07, 6.45) is 4.66. The van der Waals surface area contributed by atoms with Crippen molar-refractivity contribution < 1.29 is 0 Å². The van der Waals surface area contributed by atoms with Crippen molar-refractivity contribution in [1.29, 1.82) is 5.26 Å². The molecular weight excluding hydrogens is 250 g/mol. The summed E-state index contributed by atoms with van der Waals surface area (Å²) in [5.74, 6) is 0.953. The second-order valence-corrected chi connectivity index (χ2v) is 4.73. The standard InChI is InChI=1S/C15H15N5/c1-2-6-20-15(17-11-18-20)10-19-7-5-13-8-12(9-16)3-4-14(13)19/h3-5,7-8,11H,2,6,10H2,1H3. The van der Waals surface area contributed by atoms with Gasteiger partial charge in [-0.15, -0.1) is 0 Å². The van der Waals surface area contributed by atoms with Crippen LogP contribution in [0.25, 0.3) is 10.9 Å². The van der Waals surface area contributed by atoms with Crippen molar-refractivity contribution in [2.75, 3.05) is 0 Å².